The monoisotopic (exact) mass is 298 g/mol. The van der Waals surface area contributed by atoms with Crippen LogP contribution in [0.15, 0.2) is 34.5 Å². The van der Waals surface area contributed by atoms with Crippen LogP contribution in [0, 0.1) is 0 Å². The minimum absolute atomic E-state index is 0.00941. The molecule has 0 bridgehead atoms. The van der Waals surface area contributed by atoms with Crippen LogP contribution in [0.3, 0.4) is 0 Å². The molecule has 0 fully saturated rings. The Bertz CT molecular complexity index is 693. The molecule has 0 aliphatic carbocycles. The van der Waals surface area contributed by atoms with Gasteiger partial charge >= 0.3 is 0 Å². The van der Waals surface area contributed by atoms with E-state index in [0.717, 1.165) is 11.3 Å². The number of phenolic OH excluding ortho intramolecular Hbond substituents is 1. The predicted octanol–water partition coefficient (Wildman–Crippen LogP) is 2.40. The molecule has 5 nitrogen and oxygen atoms in total. The first kappa shape index (κ1) is 13.7. The molecule has 19 heavy (non-hydrogen) atoms. The van der Waals surface area contributed by atoms with Crippen LogP contribution in [-0.2, 0) is 16.4 Å². The third-order valence-corrected chi connectivity index (χ3v) is 5.62. The summed E-state index contributed by atoms with van der Waals surface area (Å²) in [7, 11) is -3.63. The van der Waals surface area contributed by atoms with Gasteiger partial charge in [0.05, 0.1) is 11.4 Å². The van der Waals surface area contributed by atoms with Crippen LogP contribution >= 0.6 is 11.3 Å². The van der Waals surface area contributed by atoms with Crippen molar-refractivity contribution in [1.82, 2.24) is 0 Å². The summed E-state index contributed by atoms with van der Waals surface area (Å²) in [6, 6.07) is 7.46. The van der Waals surface area contributed by atoms with Crippen LogP contribution < -0.4 is 10.5 Å². The van der Waals surface area contributed by atoms with Gasteiger partial charge in [-0.3, -0.25) is 4.72 Å². The second-order valence-corrected chi connectivity index (χ2v) is 7.03. The third-order valence-electron chi connectivity index (χ3n) is 2.53. The highest BCUT2D eigenvalue weighted by atomic mass is 32.2. The number of rotatable bonds is 4. The van der Waals surface area contributed by atoms with Gasteiger partial charge in [0.15, 0.2) is 0 Å². The van der Waals surface area contributed by atoms with Crippen molar-refractivity contribution in [3.63, 3.8) is 0 Å². The van der Waals surface area contributed by atoms with E-state index in [1.54, 1.807) is 12.1 Å². The summed E-state index contributed by atoms with van der Waals surface area (Å²) in [6.07, 6.45) is 0.793. The fourth-order valence-corrected chi connectivity index (χ4v) is 3.91. The van der Waals surface area contributed by atoms with E-state index in [1.807, 2.05) is 6.92 Å². The lowest BCUT2D eigenvalue weighted by atomic mass is 10.2. The van der Waals surface area contributed by atoms with E-state index < -0.39 is 10.0 Å². The molecule has 0 aliphatic heterocycles. The van der Waals surface area contributed by atoms with E-state index in [-0.39, 0.29) is 21.3 Å². The van der Waals surface area contributed by atoms with Gasteiger partial charge in [0, 0.05) is 10.9 Å². The quantitative estimate of drug-likeness (QED) is 0.597. The average molecular weight is 298 g/mol. The van der Waals surface area contributed by atoms with Crippen molar-refractivity contribution in [3.05, 3.63) is 35.2 Å². The van der Waals surface area contributed by atoms with Crippen LogP contribution in [0.2, 0.25) is 0 Å². The fraction of sp³-hybridized carbons (Fsp3) is 0.167. The molecular formula is C12H14N2O3S2. The van der Waals surface area contributed by atoms with Crippen molar-refractivity contribution in [2.45, 2.75) is 17.6 Å². The number of nitrogens with one attached hydrogen (secondary N) is 1. The molecule has 102 valence electrons. The molecule has 7 heteroatoms. The van der Waals surface area contributed by atoms with Crippen molar-refractivity contribution >= 4 is 32.7 Å². The molecule has 0 amide bonds. The van der Waals surface area contributed by atoms with Crippen LogP contribution in [0.4, 0.5) is 11.4 Å². The summed E-state index contributed by atoms with van der Waals surface area (Å²) in [5.41, 5.74) is 6.09. The molecular weight excluding hydrogens is 284 g/mol. The molecule has 0 spiro atoms. The maximum atomic E-state index is 12.1. The Morgan fingerprint density at radius 1 is 1.32 bits per heavy atom. The Balaban J connectivity index is 2.30. The zero-order chi connectivity index (χ0) is 14.0. The van der Waals surface area contributed by atoms with Crippen LogP contribution in [-0.4, -0.2) is 13.5 Å². The summed E-state index contributed by atoms with van der Waals surface area (Å²) in [4.78, 5) is 0.999. The van der Waals surface area contributed by atoms with Gasteiger partial charge in [-0.05, 0) is 30.7 Å². The molecule has 1 aromatic carbocycles. The van der Waals surface area contributed by atoms with Gasteiger partial charge in [-0.15, -0.1) is 11.3 Å². The number of anilines is 2. The molecule has 0 saturated carbocycles. The highest BCUT2D eigenvalue weighted by molar-refractivity contribution is 7.94. The highest BCUT2D eigenvalue weighted by Gasteiger charge is 2.17. The maximum absolute atomic E-state index is 12.1. The van der Waals surface area contributed by atoms with Gasteiger partial charge in [-0.25, -0.2) is 8.42 Å². The second-order valence-electron chi connectivity index (χ2n) is 3.95. The Hall–Kier alpha value is -1.73. The number of thiophene rings is 1. The molecule has 0 radical (unpaired) electrons. The van der Waals surface area contributed by atoms with Gasteiger partial charge in [0.1, 0.15) is 9.96 Å². The number of nitrogens with two attached hydrogens (primary N) is 1. The maximum Gasteiger partial charge on any atom is 0.271 e. The number of phenols is 1. The number of sulfonamides is 1. The van der Waals surface area contributed by atoms with Crippen LogP contribution in [0.1, 0.15) is 11.8 Å². The van der Waals surface area contributed by atoms with Crippen LogP contribution in [0.25, 0.3) is 0 Å². The van der Waals surface area contributed by atoms with Gasteiger partial charge in [0.2, 0.25) is 0 Å². The van der Waals surface area contributed by atoms with E-state index in [1.165, 1.54) is 29.5 Å². The van der Waals surface area contributed by atoms with Crippen molar-refractivity contribution in [1.29, 1.82) is 0 Å². The number of hydrogen-bond donors (Lipinski definition) is 3. The van der Waals surface area contributed by atoms with E-state index in [9.17, 15) is 13.5 Å². The Labute approximate surface area is 115 Å². The summed E-state index contributed by atoms with van der Waals surface area (Å²) < 4.78 is 27.0. The number of nitrogen functional groups attached to an aromatic ring is 1. The molecule has 4 N–H and O–H groups in total. The Morgan fingerprint density at radius 3 is 2.63 bits per heavy atom. The lowest BCUT2D eigenvalue weighted by molar-refractivity contribution is 0.475. The first-order chi connectivity index (χ1) is 8.92. The standard InChI is InChI=1S/C12H14N2O3S2/c1-2-9-4-6-12(18-9)19(16,17)14-11-5-3-8(15)7-10(11)13/h3-7,14-15H,2,13H2,1H3. The van der Waals surface area contributed by atoms with Crippen LogP contribution in [0.5, 0.6) is 5.75 Å². The lowest BCUT2D eigenvalue weighted by Gasteiger charge is -2.09. The lowest BCUT2D eigenvalue weighted by Crippen LogP contribution is -2.12. The van der Waals surface area contributed by atoms with Gasteiger partial charge in [-0.2, -0.15) is 0 Å². The summed E-state index contributed by atoms with van der Waals surface area (Å²) in [5, 5.41) is 9.23. The Morgan fingerprint density at radius 2 is 2.05 bits per heavy atom. The molecule has 0 atom stereocenters. The molecule has 2 aromatic rings. The topological polar surface area (TPSA) is 92.4 Å². The predicted molar refractivity (Wildman–Crippen MR) is 77.0 cm³/mol. The summed E-state index contributed by atoms with van der Waals surface area (Å²) >= 11 is 1.23. The number of benzene rings is 1. The first-order valence-corrected chi connectivity index (χ1v) is 7.92. The van der Waals surface area contributed by atoms with Gasteiger partial charge in [-0.1, -0.05) is 6.92 Å². The van der Waals surface area contributed by atoms with Crippen molar-refractivity contribution in [2.24, 2.45) is 0 Å². The molecule has 1 aromatic heterocycles. The Kier molecular flexibility index (Phi) is 3.68. The zero-order valence-corrected chi connectivity index (χ0v) is 11.9. The molecule has 0 saturated heterocycles. The van der Waals surface area contributed by atoms with Gasteiger partial charge < -0.3 is 10.8 Å². The smallest absolute Gasteiger partial charge is 0.271 e. The van der Waals surface area contributed by atoms with E-state index in [0.29, 0.717) is 0 Å². The highest BCUT2D eigenvalue weighted by Crippen LogP contribution is 2.28. The van der Waals surface area contributed by atoms with E-state index >= 15 is 0 Å². The molecule has 0 unspecified atom stereocenters. The molecule has 2 rings (SSSR count). The van der Waals surface area contributed by atoms with Gasteiger partial charge in [0.25, 0.3) is 10.0 Å². The van der Waals surface area contributed by atoms with Crippen molar-refractivity contribution < 1.29 is 13.5 Å². The SMILES string of the molecule is CCc1ccc(S(=O)(=O)Nc2ccc(O)cc2N)s1. The van der Waals surface area contributed by atoms with Crippen molar-refractivity contribution in [3.8, 4) is 5.75 Å². The summed E-state index contributed by atoms with van der Waals surface area (Å²) in [6.45, 7) is 1.97. The normalized spacial score (nSPS) is 11.4. The minimum atomic E-state index is -3.63. The average Bonchev–Trinajstić information content (AvgIpc) is 2.82. The second kappa shape index (κ2) is 5.10. The van der Waals surface area contributed by atoms with Crippen molar-refractivity contribution in [2.75, 3.05) is 10.5 Å². The first-order valence-electron chi connectivity index (χ1n) is 5.62. The number of hydrogen-bond acceptors (Lipinski definition) is 5. The zero-order valence-electron chi connectivity index (χ0n) is 10.3. The number of aromatic hydroxyl groups is 1. The summed E-state index contributed by atoms with van der Waals surface area (Å²) in [5.74, 6) is -0.00941. The largest absolute Gasteiger partial charge is 0.508 e. The molecule has 0 aliphatic rings. The van der Waals surface area contributed by atoms with E-state index in [2.05, 4.69) is 4.72 Å². The fourth-order valence-electron chi connectivity index (χ4n) is 1.53. The number of aryl methyl sites for hydroxylation is 1. The van der Waals surface area contributed by atoms with E-state index in [4.69, 9.17) is 5.73 Å². The molecule has 1 heterocycles. The third kappa shape index (κ3) is 2.99. The minimum Gasteiger partial charge on any atom is -0.508 e.